The molecule has 3 aromatic rings. The van der Waals surface area contributed by atoms with Crippen molar-refractivity contribution in [3.8, 4) is 11.1 Å². The summed E-state index contributed by atoms with van der Waals surface area (Å²) >= 11 is 6.34. The molecule has 0 fully saturated rings. The van der Waals surface area contributed by atoms with Crippen LogP contribution in [0.15, 0.2) is 58.7 Å². The maximum atomic E-state index is 7.26. The molecule has 3 rings (SSSR count). The van der Waals surface area contributed by atoms with E-state index in [1.165, 1.54) is 0 Å². The molecule has 0 aliphatic rings. The van der Waals surface area contributed by atoms with Crippen LogP contribution in [0.25, 0.3) is 11.1 Å². The van der Waals surface area contributed by atoms with Crippen LogP contribution in [0, 0.1) is 5.53 Å². The predicted molar refractivity (Wildman–Crippen MR) is 124 cm³/mol. The fourth-order valence-electron chi connectivity index (χ4n) is 3.54. The summed E-state index contributed by atoms with van der Waals surface area (Å²) < 4.78 is 2.08. The van der Waals surface area contributed by atoms with Gasteiger partial charge < -0.3 is 15.8 Å². The van der Waals surface area contributed by atoms with E-state index >= 15 is 0 Å². The van der Waals surface area contributed by atoms with Crippen molar-refractivity contribution in [2.24, 2.45) is 21.9 Å². The maximum absolute atomic E-state index is 7.26. The van der Waals surface area contributed by atoms with Crippen molar-refractivity contribution < 1.29 is 0 Å². The molecule has 6 N–H and O–H groups in total. The molecular weight excluding hydrogens is 412 g/mol. The molecule has 162 valence electrons. The number of nitrogens with zero attached hydrogens (tertiary/aromatic N) is 4. The summed E-state index contributed by atoms with van der Waals surface area (Å²) in [6, 6.07) is 16.0. The lowest BCUT2D eigenvalue weighted by Gasteiger charge is -2.13. The van der Waals surface area contributed by atoms with Crippen LogP contribution in [0.1, 0.15) is 42.4 Å². The number of hydrogen-bond acceptors (Lipinski definition) is 6. The number of hydrazone groups is 1. The summed E-state index contributed by atoms with van der Waals surface area (Å²) in [4.78, 5) is 4.52. The standard InChI is InChI=1S/C22H27ClN8/c1-2-3-8-20-28-21(23)19(13-27-24)31(20)14-15-9-11-16(12-10-15)17-6-4-5-7-18(17)22(29-25)30-26/h4-7,9-12,24H,2-3,8,13-14,25-26H2,1H3,(H,29,30). The molecule has 0 radical (unpaired) electrons. The van der Waals surface area contributed by atoms with Gasteiger partial charge in [0.1, 0.15) is 12.4 Å². The predicted octanol–water partition coefficient (Wildman–Crippen LogP) is 4.21. The number of nitrogens with two attached hydrogens (primary N) is 2. The monoisotopic (exact) mass is 438 g/mol. The van der Waals surface area contributed by atoms with Crippen LogP contribution in [-0.2, 0) is 19.5 Å². The van der Waals surface area contributed by atoms with Crippen LogP contribution in [0.4, 0.5) is 0 Å². The van der Waals surface area contributed by atoms with Gasteiger partial charge in [-0.15, -0.1) is 0 Å². The molecule has 0 unspecified atom stereocenters. The molecule has 0 atom stereocenters. The first-order valence-electron chi connectivity index (χ1n) is 10.1. The molecule has 0 saturated carbocycles. The van der Waals surface area contributed by atoms with Gasteiger partial charge in [0.25, 0.3) is 0 Å². The number of hydrazine groups is 1. The van der Waals surface area contributed by atoms with Gasteiger partial charge in [-0.05, 0) is 23.1 Å². The van der Waals surface area contributed by atoms with Crippen LogP contribution < -0.4 is 17.1 Å². The highest BCUT2D eigenvalue weighted by atomic mass is 35.5. The molecule has 0 spiro atoms. The Morgan fingerprint density at radius 3 is 2.58 bits per heavy atom. The molecule has 31 heavy (non-hydrogen) atoms. The first kappa shape index (κ1) is 22.5. The summed E-state index contributed by atoms with van der Waals surface area (Å²) in [7, 11) is 0. The van der Waals surface area contributed by atoms with Crippen molar-refractivity contribution in [1.82, 2.24) is 15.0 Å². The zero-order chi connectivity index (χ0) is 22.2. The average molecular weight is 439 g/mol. The highest BCUT2D eigenvalue weighted by Gasteiger charge is 2.16. The zero-order valence-electron chi connectivity index (χ0n) is 17.5. The summed E-state index contributed by atoms with van der Waals surface area (Å²) in [5.74, 6) is 12.4. The summed E-state index contributed by atoms with van der Waals surface area (Å²) in [6.07, 6.45) is 2.94. The minimum absolute atomic E-state index is 0.219. The molecule has 1 aromatic heterocycles. The van der Waals surface area contributed by atoms with Crippen molar-refractivity contribution >= 4 is 17.4 Å². The number of imidazole rings is 1. The van der Waals surface area contributed by atoms with E-state index < -0.39 is 0 Å². The molecule has 1 heterocycles. The summed E-state index contributed by atoms with van der Waals surface area (Å²) in [5.41, 5.74) is 14.5. The molecule has 0 aliphatic carbocycles. The number of hydrogen-bond donors (Lipinski definition) is 4. The number of aromatic nitrogens is 2. The maximum Gasteiger partial charge on any atom is 0.167 e. The van der Waals surface area contributed by atoms with Gasteiger partial charge in [-0.1, -0.05) is 73.5 Å². The molecule has 0 amide bonds. The third-order valence-electron chi connectivity index (χ3n) is 5.14. The van der Waals surface area contributed by atoms with Crippen LogP contribution in [0.5, 0.6) is 0 Å². The number of unbranched alkanes of at least 4 members (excludes halogenated alkanes) is 1. The molecule has 0 aliphatic heterocycles. The van der Waals surface area contributed by atoms with E-state index in [2.05, 4.69) is 56.4 Å². The highest BCUT2D eigenvalue weighted by Crippen LogP contribution is 2.26. The van der Waals surface area contributed by atoms with Crippen LogP contribution in [-0.4, -0.2) is 15.4 Å². The second-order valence-corrected chi connectivity index (χ2v) is 7.49. The van der Waals surface area contributed by atoms with Gasteiger partial charge in [0, 0.05) is 18.5 Å². The van der Waals surface area contributed by atoms with Crippen molar-refractivity contribution in [2.45, 2.75) is 39.3 Å². The molecule has 2 aromatic carbocycles. The van der Waals surface area contributed by atoms with Gasteiger partial charge in [0.15, 0.2) is 11.0 Å². The number of benzene rings is 2. The largest absolute Gasteiger partial charge is 0.324 e. The quantitative estimate of drug-likeness (QED) is 0.131. The average Bonchev–Trinajstić information content (AvgIpc) is 3.08. The smallest absolute Gasteiger partial charge is 0.167 e. The SMILES string of the molecule is CCCCc1nc(Cl)c(CN=N)n1Cc1ccc(-c2ccccc2/C(=N/N)NN)cc1. The van der Waals surface area contributed by atoms with Gasteiger partial charge in [0.2, 0.25) is 0 Å². The van der Waals surface area contributed by atoms with E-state index in [0.717, 1.165) is 53.0 Å². The van der Waals surface area contributed by atoms with Gasteiger partial charge >= 0.3 is 0 Å². The number of amidine groups is 1. The normalized spacial score (nSPS) is 11.5. The van der Waals surface area contributed by atoms with Gasteiger partial charge in [0.05, 0.1) is 5.69 Å². The number of nitrogens with one attached hydrogen (secondary N) is 2. The highest BCUT2D eigenvalue weighted by molar-refractivity contribution is 6.30. The van der Waals surface area contributed by atoms with Crippen LogP contribution in [0.3, 0.4) is 0 Å². The van der Waals surface area contributed by atoms with Crippen LogP contribution in [0.2, 0.25) is 5.15 Å². The molecule has 9 heteroatoms. The molecular formula is C22H27ClN8. The second kappa shape index (κ2) is 10.7. The lowest BCUT2D eigenvalue weighted by Crippen LogP contribution is -2.32. The first-order valence-corrected chi connectivity index (χ1v) is 10.5. The van der Waals surface area contributed by atoms with Crippen molar-refractivity contribution in [1.29, 1.82) is 5.53 Å². The number of rotatable bonds is 9. The Morgan fingerprint density at radius 1 is 1.19 bits per heavy atom. The third-order valence-corrected chi connectivity index (χ3v) is 5.44. The molecule has 8 nitrogen and oxygen atoms in total. The summed E-state index contributed by atoms with van der Waals surface area (Å²) in [5, 5.41) is 7.69. The van der Waals surface area contributed by atoms with Gasteiger partial charge in [-0.3, -0.25) is 0 Å². The summed E-state index contributed by atoms with van der Waals surface area (Å²) in [6.45, 7) is 2.98. The minimum atomic E-state index is 0.219. The van der Waals surface area contributed by atoms with Crippen molar-refractivity contribution in [3.05, 3.63) is 76.3 Å². The van der Waals surface area contributed by atoms with E-state index in [1.807, 2.05) is 24.3 Å². The lowest BCUT2D eigenvalue weighted by molar-refractivity contribution is 0.650. The molecule has 0 saturated heterocycles. The Labute approximate surface area is 186 Å². The van der Waals surface area contributed by atoms with E-state index in [-0.39, 0.29) is 6.54 Å². The second-order valence-electron chi connectivity index (χ2n) is 7.14. The van der Waals surface area contributed by atoms with E-state index in [4.69, 9.17) is 28.8 Å². The topological polar surface area (TPSA) is 130 Å². The fraction of sp³-hybridized carbons (Fsp3) is 0.273. The van der Waals surface area contributed by atoms with E-state index in [9.17, 15) is 0 Å². The van der Waals surface area contributed by atoms with E-state index in [0.29, 0.717) is 17.5 Å². The Morgan fingerprint density at radius 2 is 1.94 bits per heavy atom. The Kier molecular flexibility index (Phi) is 7.75. The minimum Gasteiger partial charge on any atom is -0.324 e. The van der Waals surface area contributed by atoms with E-state index in [1.54, 1.807) is 0 Å². The molecule has 0 bridgehead atoms. The lowest BCUT2D eigenvalue weighted by atomic mass is 9.98. The number of aryl methyl sites for hydroxylation is 1. The number of halogens is 1. The Balaban J connectivity index is 1.92. The van der Waals surface area contributed by atoms with Gasteiger partial charge in [-0.2, -0.15) is 10.2 Å². The van der Waals surface area contributed by atoms with Gasteiger partial charge in [-0.25, -0.2) is 16.4 Å². The van der Waals surface area contributed by atoms with Crippen molar-refractivity contribution in [3.63, 3.8) is 0 Å². The first-order chi connectivity index (χ1) is 15.1. The zero-order valence-corrected chi connectivity index (χ0v) is 18.2. The van der Waals surface area contributed by atoms with Crippen LogP contribution >= 0.6 is 11.6 Å². The Bertz CT molecular complexity index is 1060. The third kappa shape index (κ3) is 5.10. The fourth-order valence-corrected chi connectivity index (χ4v) is 3.80. The Hall–Kier alpha value is -3.23. The van der Waals surface area contributed by atoms with Crippen molar-refractivity contribution in [2.75, 3.05) is 0 Å².